The zero-order valence-electron chi connectivity index (χ0n) is 14.5. The number of para-hydroxylation sites is 1. The molecule has 28 heavy (non-hydrogen) atoms. The van der Waals surface area contributed by atoms with E-state index in [-0.39, 0.29) is 11.7 Å². The highest BCUT2D eigenvalue weighted by atomic mass is 35.5. The molecule has 1 aliphatic heterocycles. The van der Waals surface area contributed by atoms with Crippen molar-refractivity contribution in [3.05, 3.63) is 58.0 Å². The monoisotopic (exact) mass is 435 g/mol. The second kappa shape index (κ2) is 8.64. The molecule has 9 heteroatoms. The fourth-order valence-electron chi connectivity index (χ4n) is 2.54. The van der Waals surface area contributed by atoms with E-state index in [0.717, 1.165) is 11.8 Å². The van der Waals surface area contributed by atoms with E-state index in [0.29, 0.717) is 31.2 Å². The summed E-state index contributed by atoms with van der Waals surface area (Å²) in [5, 5.41) is 9.39. The molecule has 1 N–H and O–H groups in total. The van der Waals surface area contributed by atoms with E-state index in [9.17, 15) is 9.59 Å². The van der Waals surface area contributed by atoms with Crippen LogP contribution >= 0.6 is 35.6 Å². The minimum absolute atomic E-state index is 0.237. The predicted molar refractivity (Wildman–Crippen MR) is 113 cm³/mol. The molecule has 0 saturated carbocycles. The van der Waals surface area contributed by atoms with E-state index in [1.54, 1.807) is 48.5 Å². The molecule has 0 bridgehead atoms. The number of carbonyl (C=O) groups excluding carboxylic acids is 1. The van der Waals surface area contributed by atoms with Gasteiger partial charge in [-0.25, -0.2) is 4.79 Å². The first kappa shape index (κ1) is 20.2. The summed E-state index contributed by atoms with van der Waals surface area (Å²) in [6.07, 6.45) is 1.60. The van der Waals surface area contributed by atoms with Crippen molar-refractivity contribution < 1.29 is 24.2 Å². The number of ether oxygens (including phenoxy) is 2. The molecule has 0 unspecified atom stereocenters. The molecule has 0 radical (unpaired) electrons. The van der Waals surface area contributed by atoms with Gasteiger partial charge in [-0.15, -0.1) is 0 Å². The zero-order chi connectivity index (χ0) is 20.3. The Morgan fingerprint density at radius 1 is 1.32 bits per heavy atom. The summed E-state index contributed by atoms with van der Waals surface area (Å²) in [6.45, 7) is -0.537. The maximum absolute atomic E-state index is 12.9. The molecule has 6 nitrogen and oxygen atoms in total. The maximum atomic E-state index is 12.9. The minimum atomic E-state index is -1.12. The number of benzene rings is 2. The third-order valence-corrected chi connectivity index (χ3v) is 5.25. The zero-order valence-corrected chi connectivity index (χ0v) is 16.9. The topological polar surface area (TPSA) is 76.1 Å². The number of halogens is 1. The third kappa shape index (κ3) is 4.30. The fourth-order valence-corrected chi connectivity index (χ4v) is 4.02. The summed E-state index contributed by atoms with van der Waals surface area (Å²) in [6, 6.07) is 11.9. The first-order chi connectivity index (χ1) is 13.4. The van der Waals surface area contributed by atoms with Crippen LogP contribution in [0.5, 0.6) is 11.5 Å². The van der Waals surface area contributed by atoms with Crippen molar-refractivity contribution in [2.45, 2.75) is 0 Å². The number of methoxy groups -OCH3 is 1. The van der Waals surface area contributed by atoms with Gasteiger partial charge in [-0.3, -0.25) is 9.69 Å². The average Bonchev–Trinajstić information content (AvgIpc) is 2.93. The van der Waals surface area contributed by atoms with Gasteiger partial charge in [-0.1, -0.05) is 53.8 Å². The molecule has 0 spiro atoms. The molecule has 0 aromatic heterocycles. The number of thiocarbonyl (C=S) groups is 1. The molecule has 2 aromatic rings. The molecule has 1 amide bonds. The predicted octanol–water partition coefficient (Wildman–Crippen LogP) is 4.22. The van der Waals surface area contributed by atoms with Gasteiger partial charge in [0.2, 0.25) is 0 Å². The number of rotatable bonds is 6. The van der Waals surface area contributed by atoms with Crippen LogP contribution in [-0.4, -0.2) is 35.0 Å². The van der Waals surface area contributed by atoms with Crippen LogP contribution in [-0.2, 0) is 9.59 Å². The Morgan fingerprint density at radius 2 is 2.07 bits per heavy atom. The van der Waals surface area contributed by atoms with Crippen LogP contribution in [0.1, 0.15) is 5.56 Å². The number of amides is 1. The van der Waals surface area contributed by atoms with Gasteiger partial charge in [0, 0.05) is 10.6 Å². The van der Waals surface area contributed by atoms with Crippen LogP contribution in [0.4, 0.5) is 5.69 Å². The van der Waals surface area contributed by atoms with Gasteiger partial charge in [0.25, 0.3) is 5.91 Å². The second-order valence-corrected chi connectivity index (χ2v) is 7.67. The van der Waals surface area contributed by atoms with Gasteiger partial charge in [-0.2, -0.15) is 0 Å². The molecule has 0 aliphatic carbocycles. The number of carboxylic acid groups (broad SMARTS) is 1. The molecule has 1 heterocycles. The van der Waals surface area contributed by atoms with Gasteiger partial charge in [0.05, 0.1) is 17.7 Å². The van der Waals surface area contributed by atoms with Gasteiger partial charge < -0.3 is 14.6 Å². The van der Waals surface area contributed by atoms with Gasteiger partial charge in [-0.05, 0) is 30.3 Å². The summed E-state index contributed by atoms with van der Waals surface area (Å²) in [5.41, 5.74) is 1.08. The number of carboxylic acids is 1. The van der Waals surface area contributed by atoms with Crippen LogP contribution < -0.4 is 14.4 Å². The van der Waals surface area contributed by atoms with E-state index in [4.69, 9.17) is 38.4 Å². The van der Waals surface area contributed by atoms with Crippen molar-refractivity contribution in [2.75, 3.05) is 18.6 Å². The number of hydrogen-bond acceptors (Lipinski definition) is 6. The standard InChI is InChI=1S/C19H14ClNO5S2/c1-25-14-7-2-4-11(17(14)26-10-16(22)23)8-15-18(24)21(19(27)28-15)13-6-3-5-12(20)9-13/h2-9H,10H2,1H3,(H,22,23)/b15-8-. The molecular formula is C19H14ClNO5S2. The Balaban J connectivity index is 1.97. The smallest absolute Gasteiger partial charge is 0.341 e. The molecule has 1 aliphatic rings. The minimum Gasteiger partial charge on any atom is -0.493 e. The Bertz CT molecular complexity index is 992. The van der Waals surface area contributed by atoms with Crippen LogP contribution in [0.3, 0.4) is 0 Å². The highest BCUT2D eigenvalue weighted by molar-refractivity contribution is 8.27. The number of anilines is 1. The lowest BCUT2D eigenvalue weighted by atomic mass is 10.1. The Kier molecular flexibility index (Phi) is 6.23. The fraction of sp³-hybridized carbons (Fsp3) is 0.105. The molecule has 3 rings (SSSR count). The lowest BCUT2D eigenvalue weighted by molar-refractivity contribution is -0.139. The van der Waals surface area contributed by atoms with Crippen molar-refractivity contribution >= 4 is 63.5 Å². The average molecular weight is 436 g/mol. The van der Waals surface area contributed by atoms with Crippen molar-refractivity contribution in [2.24, 2.45) is 0 Å². The van der Waals surface area contributed by atoms with E-state index in [1.165, 1.54) is 12.0 Å². The summed E-state index contributed by atoms with van der Waals surface area (Å²) >= 11 is 12.5. The van der Waals surface area contributed by atoms with Crippen molar-refractivity contribution in [1.29, 1.82) is 0 Å². The number of carbonyl (C=O) groups is 2. The largest absolute Gasteiger partial charge is 0.493 e. The highest BCUT2D eigenvalue weighted by Crippen LogP contribution is 2.39. The Morgan fingerprint density at radius 3 is 2.75 bits per heavy atom. The highest BCUT2D eigenvalue weighted by Gasteiger charge is 2.33. The van der Waals surface area contributed by atoms with Crippen molar-refractivity contribution in [3.8, 4) is 11.5 Å². The SMILES string of the molecule is COc1cccc(/C=C2\SC(=S)N(c3cccc(Cl)c3)C2=O)c1OCC(=O)O. The van der Waals surface area contributed by atoms with E-state index in [1.807, 2.05) is 0 Å². The first-order valence-electron chi connectivity index (χ1n) is 7.96. The van der Waals surface area contributed by atoms with Crippen molar-refractivity contribution in [1.82, 2.24) is 0 Å². The van der Waals surface area contributed by atoms with Crippen LogP contribution in [0.15, 0.2) is 47.4 Å². The van der Waals surface area contributed by atoms with Crippen LogP contribution in [0.25, 0.3) is 6.08 Å². The number of thioether (sulfide) groups is 1. The van der Waals surface area contributed by atoms with Crippen molar-refractivity contribution in [3.63, 3.8) is 0 Å². The molecule has 0 atom stereocenters. The Labute approximate surface area is 175 Å². The summed E-state index contributed by atoms with van der Waals surface area (Å²) in [7, 11) is 1.45. The van der Waals surface area contributed by atoms with E-state index < -0.39 is 12.6 Å². The summed E-state index contributed by atoms with van der Waals surface area (Å²) < 4.78 is 11.0. The van der Waals surface area contributed by atoms with E-state index in [2.05, 4.69) is 0 Å². The quantitative estimate of drug-likeness (QED) is 0.537. The van der Waals surface area contributed by atoms with Gasteiger partial charge in [0.1, 0.15) is 0 Å². The number of nitrogens with zero attached hydrogens (tertiary/aromatic N) is 1. The number of hydrogen-bond donors (Lipinski definition) is 1. The lowest BCUT2D eigenvalue weighted by Gasteiger charge is -2.14. The second-order valence-electron chi connectivity index (χ2n) is 5.56. The number of aliphatic carboxylic acids is 1. The molecule has 1 fully saturated rings. The molecule has 2 aromatic carbocycles. The van der Waals surface area contributed by atoms with Crippen LogP contribution in [0, 0.1) is 0 Å². The lowest BCUT2D eigenvalue weighted by Crippen LogP contribution is -2.27. The van der Waals surface area contributed by atoms with Gasteiger partial charge >= 0.3 is 5.97 Å². The van der Waals surface area contributed by atoms with Crippen LogP contribution in [0.2, 0.25) is 5.02 Å². The summed E-state index contributed by atoms with van der Waals surface area (Å²) in [4.78, 5) is 25.6. The molecule has 1 saturated heterocycles. The summed E-state index contributed by atoms with van der Waals surface area (Å²) in [5.74, 6) is -0.825. The maximum Gasteiger partial charge on any atom is 0.341 e. The Hall–Kier alpha value is -2.55. The molecular weight excluding hydrogens is 422 g/mol. The first-order valence-corrected chi connectivity index (χ1v) is 9.56. The third-order valence-electron chi connectivity index (χ3n) is 3.72. The molecule has 144 valence electrons. The van der Waals surface area contributed by atoms with E-state index >= 15 is 0 Å². The normalized spacial score (nSPS) is 15.2. The van der Waals surface area contributed by atoms with Gasteiger partial charge in [0.15, 0.2) is 22.4 Å².